The van der Waals surface area contributed by atoms with Crippen LogP contribution in [0.3, 0.4) is 0 Å². The summed E-state index contributed by atoms with van der Waals surface area (Å²) in [6, 6.07) is 3.60. The molecule has 0 aliphatic carbocycles. The van der Waals surface area contributed by atoms with E-state index >= 15 is 0 Å². The van der Waals surface area contributed by atoms with Gasteiger partial charge < -0.3 is 5.11 Å². The van der Waals surface area contributed by atoms with Gasteiger partial charge in [0.05, 0.1) is 5.57 Å². The highest BCUT2D eigenvalue weighted by Crippen LogP contribution is 2.44. The van der Waals surface area contributed by atoms with Crippen LogP contribution in [0.1, 0.15) is 5.56 Å². The van der Waals surface area contributed by atoms with Crippen molar-refractivity contribution in [3.8, 4) is 0 Å². The van der Waals surface area contributed by atoms with Crippen LogP contribution < -0.4 is 0 Å². The molecule has 2 aliphatic heterocycles. The van der Waals surface area contributed by atoms with Gasteiger partial charge in [-0.25, -0.2) is 4.79 Å². The number of rotatable bonds is 2. The molecule has 90 valence electrons. The maximum absolute atomic E-state index is 11.9. The number of fused-ring (bicyclic) bond motifs is 1. The van der Waals surface area contributed by atoms with Crippen LogP contribution in [0.4, 0.5) is 0 Å². The number of aromatic nitrogens is 1. The molecule has 1 aromatic heterocycles. The molecule has 5 nitrogen and oxygen atoms in total. The quantitative estimate of drug-likeness (QED) is 0.641. The van der Waals surface area contributed by atoms with E-state index in [0.29, 0.717) is 5.57 Å². The fraction of sp³-hybridized carbons (Fsp3) is 0.0833. The van der Waals surface area contributed by atoms with E-state index in [2.05, 4.69) is 4.98 Å². The van der Waals surface area contributed by atoms with Gasteiger partial charge in [0, 0.05) is 17.8 Å². The standard InChI is InChI=1S/C12H8N2O3S/c15-10-8(5-7-1-3-13-4-2-7)11-14(10)9(6-18-11)12(16)17/h1-6,11H,(H,16,17)/t11-/m1/s1. The van der Waals surface area contributed by atoms with Gasteiger partial charge in [-0.05, 0) is 23.8 Å². The Morgan fingerprint density at radius 3 is 2.83 bits per heavy atom. The van der Waals surface area contributed by atoms with Crippen LogP contribution in [0.25, 0.3) is 6.08 Å². The fourth-order valence-corrected chi connectivity index (χ4v) is 3.02. The van der Waals surface area contributed by atoms with Crippen LogP contribution in [0.15, 0.2) is 41.2 Å². The number of hydrogen-bond acceptors (Lipinski definition) is 4. The number of carboxylic acids is 1. The Hall–Kier alpha value is -2.08. The molecule has 2 aliphatic rings. The van der Waals surface area contributed by atoms with Gasteiger partial charge in [0.25, 0.3) is 5.91 Å². The molecule has 1 saturated heterocycles. The molecular formula is C12H8N2O3S. The van der Waals surface area contributed by atoms with E-state index < -0.39 is 5.97 Å². The second kappa shape index (κ2) is 3.99. The lowest BCUT2D eigenvalue weighted by Gasteiger charge is -2.37. The summed E-state index contributed by atoms with van der Waals surface area (Å²) in [5.74, 6) is -1.31. The van der Waals surface area contributed by atoms with E-state index in [1.807, 2.05) is 0 Å². The Morgan fingerprint density at radius 1 is 1.44 bits per heavy atom. The topological polar surface area (TPSA) is 70.5 Å². The largest absolute Gasteiger partial charge is 0.477 e. The van der Waals surface area contributed by atoms with Gasteiger partial charge in [-0.1, -0.05) is 0 Å². The molecule has 1 fully saturated rings. The molecule has 1 atom stereocenters. The number of pyridine rings is 1. The summed E-state index contributed by atoms with van der Waals surface area (Å²) in [6.07, 6.45) is 5.07. The van der Waals surface area contributed by atoms with Gasteiger partial charge in [0.1, 0.15) is 11.1 Å². The predicted octanol–water partition coefficient (Wildman–Crippen LogP) is 1.31. The number of hydrogen-bond donors (Lipinski definition) is 1. The smallest absolute Gasteiger partial charge is 0.353 e. The Balaban J connectivity index is 1.87. The maximum atomic E-state index is 11.9. The Kier molecular flexibility index (Phi) is 2.45. The zero-order chi connectivity index (χ0) is 12.7. The van der Waals surface area contributed by atoms with E-state index in [9.17, 15) is 9.59 Å². The van der Waals surface area contributed by atoms with Crippen molar-refractivity contribution in [3.05, 3.63) is 46.8 Å². The average molecular weight is 260 g/mol. The summed E-state index contributed by atoms with van der Waals surface area (Å²) in [7, 11) is 0. The van der Waals surface area contributed by atoms with Gasteiger partial charge in [-0.2, -0.15) is 0 Å². The summed E-state index contributed by atoms with van der Waals surface area (Å²) in [5.41, 5.74) is 1.57. The van der Waals surface area contributed by atoms with Crippen LogP contribution in [-0.2, 0) is 9.59 Å². The van der Waals surface area contributed by atoms with Crippen molar-refractivity contribution in [3.63, 3.8) is 0 Å². The number of carboxylic acid groups (broad SMARTS) is 1. The van der Waals surface area contributed by atoms with Crippen molar-refractivity contribution in [2.75, 3.05) is 0 Å². The Labute approximate surface area is 107 Å². The summed E-state index contributed by atoms with van der Waals surface area (Å²) >= 11 is 1.34. The van der Waals surface area contributed by atoms with E-state index in [-0.39, 0.29) is 17.0 Å². The van der Waals surface area contributed by atoms with Crippen LogP contribution >= 0.6 is 11.8 Å². The predicted molar refractivity (Wildman–Crippen MR) is 66.2 cm³/mol. The third-order valence-corrected chi connectivity index (χ3v) is 3.86. The molecule has 1 N–H and O–H groups in total. The summed E-state index contributed by atoms with van der Waals surface area (Å²) in [6.45, 7) is 0. The molecule has 0 bridgehead atoms. The molecule has 3 heterocycles. The minimum Gasteiger partial charge on any atom is -0.477 e. The molecule has 6 heteroatoms. The highest BCUT2D eigenvalue weighted by Gasteiger charge is 2.49. The summed E-state index contributed by atoms with van der Waals surface area (Å²) in [5, 5.41) is 10.2. The molecule has 0 spiro atoms. The average Bonchev–Trinajstić information content (AvgIpc) is 2.77. The van der Waals surface area contributed by atoms with E-state index in [0.717, 1.165) is 5.56 Å². The lowest BCUT2D eigenvalue weighted by Crippen LogP contribution is -2.51. The third kappa shape index (κ3) is 1.53. The SMILES string of the molecule is O=C(O)C1=CS[C@@H]2C(=Cc3ccncc3)C(=O)N12. The van der Waals surface area contributed by atoms with Gasteiger partial charge in [0.2, 0.25) is 0 Å². The van der Waals surface area contributed by atoms with Crippen molar-refractivity contribution < 1.29 is 14.7 Å². The molecule has 3 rings (SSSR count). The number of β-lactam (4-membered cyclic amide) rings is 1. The van der Waals surface area contributed by atoms with E-state index in [1.165, 1.54) is 22.1 Å². The lowest BCUT2D eigenvalue weighted by atomic mass is 10.0. The molecule has 0 radical (unpaired) electrons. The molecule has 18 heavy (non-hydrogen) atoms. The van der Waals surface area contributed by atoms with Gasteiger partial charge in [-0.3, -0.25) is 14.7 Å². The first-order valence-electron chi connectivity index (χ1n) is 5.22. The molecule has 0 aromatic carbocycles. The second-order valence-corrected chi connectivity index (χ2v) is 4.81. The molecule has 1 amide bonds. The second-order valence-electron chi connectivity index (χ2n) is 3.85. The summed E-state index contributed by atoms with van der Waals surface area (Å²) in [4.78, 5) is 28.0. The van der Waals surface area contributed by atoms with Crippen molar-refractivity contribution >= 4 is 29.7 Å². The highest BCUT2D eigenvalue weighted by atomic mass is 32.2. The fourth-order valence-electron chi connectivity index (χ4n) is 1.91. The number of amides is 1. The van der Waals surface area contributed by atoms with E-state index in [4.69, 9.17) is 5.11 Å². The van der Waals surface area contributed by atoms with Crippen LogP contribution in [-0.4, -0.2) is 32.2 Å². The third-order valence-electron chi connectivity index (χ3n) is 2.78. The van der Waals surface area contributed by atoms with Crippen molar-refractivity contribution in [1.82, 2.24) is 9.88 Å². The number of carbonyl (C=O) groups is 2. The molecule has 0 saturated carbocycles. The molecule has 0 unspecified atom stereocenters. The van der Waals surface area contributed by atoms with Crippen LogP contribution in [0.5, 0.6) is 0 Å². The lowest BCUT2D eigenvalue weighted by molar-refractivity contribution is -0.141. The van der Waals surface area contributed by atoms with Crippen molar-refractivity contribution in [2.24, 2.45) is 0 Å². The first-order valence-corrected chi connectivity index (χ1v) is 6.17. The first kappa shape index (κ1) is 11.0. The Bertz CT molecular complexity index is 595. The first-order chi connectivity index (χ1) is 8.68. The molecular weight excluding hydrogens is 252 g/mol. The monoisotopic (exact) mass is 260 g/mol. The van der Waals surface area contributed by atoms with Crippen molar-refractivity contribution in [2.45, 2.75) is 5.37 Å². The maximum Gasteiger partial charge on any atom is 0.353 e. The van der Waals surface area contributed by atoms with Crippen molar-refractivity contribution in [1.29, 1.82) is 0 Å². The van der Waals surface area contributed by atoms with E-state index in [1.54, 1.807) is 30.6 Å². The zero-order valence-corrected chi connectivity index (χ0v) is 9.92. The van der Waals surface area contributed by atoms with Crippen LogP contribution in [0, 0.1) is 0 Å². The van der Waals surface area contributed by atoms with Crippen LogP contribution in [0.2, 0.25) is 0 Å². The zero-order valence-electron chi connectivity index (χ0n) is 9.11. The number of thioether (sulfide) groups is 1. The van der Waals surface area contributed by atoms with Gasteiger partial charge >= 0.3 is 5.97 Å². The molecule has 1 aromatic rings. The summed E-state index contributed by atoms with van der Waals surface area (Å²) < 4.78 is 0. The van der Waals surface area contributed by atoms with Gasteiger partial charge in [-0.15, -0.1) is 11.8 Å². The highest BCUT2D eigenvalue weighted by molar-refractivity contribution is 8.03. The number of nitrogens with zero attached hydrogens (tertiary/aromatic N) is 2. The number of aliphatic carboxylic acids is 1. The minimum absolute atomic E-state index is 0.0573. The Morgan fingerprint density at radius 2 is 2.17 bits per heavy atom. The normalized spacial score (nSPS) is 23.7. The van der Waals surface area contributed by atoms with Gasteiger partial charge in [0.15, 0.2) is 0 Å². The number of carbonyl (C=O) groups excluding carboxylic acids is 1. The minimum atomic E-state index is -1.07.